The molecule has 300 valence electrons. The summed E-state index contributed by atoms with van der Waals surface area (Å²) in [5.74, 6) is -0.131. The largest absolute Gasteiger partial charge is 0.380 e. The van der Waals surface area contributed by atoms with Gasteiger partial charge in [-0.2, -0.15) is 0 Å². The van der Waals surface area contributed by atoms with Gasteiger partial charge in [-0.25, -0.2) is 17.6 Å². The Hall–Kier alpha value is -1.36. The van der Waals surface area contributed by atoms with Crippen LogP contribution in [0, 0.1) is 46.3 Å². The lowest BCUT2D eigenvalue weighted by Crippen LogP contribution is -2.52. The molecule has 0 saturated heterocycles. The van der Waals surface area contributed by atoms with Crippen molar-refractivity contribution in [2.45, 2.75) is 192 Å². The Morgan fingerprint density at radius 2 is 0.925 bits per heavy atom. The number of hydrogen-bond donors (Lipinski definition) is 0. The maximum atomic E-state index is 17.3. The van der Waals surface area contributed by atoms with Crippen LogP contribution in [0.15, 0.2) is 48.1 Å². The van der Waals surface area contributed by atoms with Crippen LogP contribution >= 0.6 is 0 Å². The lowest BCUT2D eigenvalue weighted by atomic mass is 9.53. The molecule has 0 aromatic heterocycles. The van der Waals surface area contributed by atoms with Crippen LogP contribution < -0.4 is 0 Å². The van der Waals surface area contributed by atoms with Gasteiger partial charge in [-0.3, -0.25) is 0 Å². The fraction of sp³-hybridized carbons (Fsp3) is 0.833. The minimum atomic E-state index is -2.06. The van der Waals surface area contributed by atoms with Crippen molar-refractivity contribution in [3.05, 3.63) is 48.1 Å². The normalized spacial score (nSPS) is 37.2. The van der Waals surface area contributed by atoms with Gasteiger partial charge in [0.15, 0.2) is 11.3 Å². The number of hydrogen-bond acceptors (Lipinski definition) is 1. The molecule has 0 radical (unpaired) electrons. The van der Waals surface area contributed by atoms with Gasteiger partial charge in [0.2, 0.25) is 0 Å². The Bertz CT molecular complexity index is 1160. The summed E-state index contributed by atoms with van der Waals surface area (Å²) < 4.78 is 73.0. The van der Waals surface area contributed by atoms with Crippen molar-refractivity contribution in [3.63, 3.8) is 0 Å². The molecule has 0 aliphatic heterocycles. The number of ether oxygens (including phenoxy) is 1. The lowest BCUT2D eigenvalue weighted by molar-refractivity contribution is -0.0591. The van der Waals surface area contributed by atoms with Crippen molar-refractivity contribution in [2.24, 2.45) is 46.3 Å². The van der Waals surface area contributed by atoms with E-state index in [9.17, 15) is 0 Å². The minimum absolute atomic E-state index is 0.196. The molecule has 4 atom stereocenters. The maximum Gasteiger partial charge on any atom is 0.185 e. The molecule has 0 aromatic carbocycles. The highest BCUT2D eigenvalue weighted by molar-refractivity contribution is 5.35. The smallest absolute Gasteiger partial charge is 0.185 e. The highest BCUT2D eigenvalue weighted by Gasteiger charge is 2.60. The van der Waals surface area contributed by atoms with Crippen LogP contribution in [0.2, 0.25) is 0 Å². The van der Waals surface area contributed by atoms with Crippen molar-refractivity contribution >= 4 is 0 Å². The van der Waals surface area contributed by atoms with Gasteiger partial charge in [0.1, 0.15) is 11.7 Å². The van der Waals surface area contributed by atoms with Crippen LogP contribution in [-0.4, -0.2) is 24.6 Å². The molecule has 4 fully saturated rings. The Labute approximate surface area is 321 Å². The van der Waals surface area contributed by atoms with Crippen molar-refractivity contribution in [1.82, 2.24) is 0 Å². The van der Waals surface area contributed by atoms with E-state index < -0.39 is 33.8 Å². The highest BCUT2D eigenvalue weighted by atomic mass is 19.2. The standard InChI is InChI=1S/C48H74F4O/c1-3-5-9-15-37-17-21-41(22-18-37)45(27-11-7-12-28-45)47(51)31-25-39(33-43(47)49)35-53-36-40-26-32-48(52,44(50)34-40)46(29-13-8-14-30-46)42-23-19-38(20-24-42)16-10-6-4-2/h25-26,31-34,37-42H,3-24,27-30,35-36H2,1-2H3/t37?,38?,39-,40-,41?,42?,47-,48-/m1/s1. The number of halogens is 4. The van der Waals surface area contributed by atoms with Crippen LogP contribution in [0.5, 0.6) is 0 Å². The first-order valence-electron chi connectivity index (χ1n) is 22.8. The van der Waals surface area contributed by atoms with Gasteiger partial charge >= 0.3 is 0 Å². The topological polar surface area (TPSA) is 9.23 Å². The van der Waals surface area contributed by atoms with Gasteiger partial charge in [-0.05, 0) is 99.3 Å². The molecule has 53 heavy (non-hydrogen) atoms. The van der Waals surface area contributed by atoms with Gasteiger partial charge in [0.05, 0.1) is 13.2 Å². The Kier molecular flexibility index (Phi) is 14.6. The molecular weight excluding hydrogens is 669 g/mol. The number of rotatable bonds is 16. The Morgan fingerprint density at radius 1 is 0.547 bits per heavy atom. The number of unbranched alkanes of at least 4 members (excludes halogenated alkanes) is 4. The fourth-order valence-corrected chi connectivity index (χ4v) is 12.6. The number of allylic oxidation sites excluding steroid dienone is 4. The third-order valence-electron chi connectivity index (χ3n) is 15.8. The monoisotopic (exact) mass is 743 g/mol. The summed E-state index contributed by atoms with van der Waals surface area (Å²) in [4.78, 5) is 0. The molecule has 0 unspecified atom stereocenters. The van der Waals surface area contributed by atoms with E-state index in [2.05, 4.69) is 13.8 Å². The summed E-state index contributed by atoms with van der Waals surface area (Å²) in [7, 11) is 0. The fourth-order valence-electron chi connectivity index (χ4n) is 12.6. The van der Waals surface area contributed by atoms with E-state index in [-0.39, 0.29) is 36.9 Å². The molecule has 5 heteroatoms. The SMILES string of the molecule is CCCCCC1CCC(C2([C@@]3(F)C=C[C@@H](COC[C@@H]4C=C[C@](F)(C5(C6CCC(CCCCC)CC6)CCCCC5)C(F)=C4)C=C3F)CCCCC2)CC1. The first-order valence-corrected chi connectivity index (χ1v) is 22.8. The predicted octanol–water partition coefficient (Wildman–Crippen LogP) is 15.2. The molecule has 1 nitrogen and oxygen atoms in total. The van der Waals surface area contributed by atoms with E-state index in [0.29, 0.717) is 0 Å². The molecule has 6 aliphatic rings. The molecule has 0 amide bonds. The summed E-state index contributed by atoms with van der Waals surface area (Å²) in [6.45, 7) is 4.88. The molecule has 6 aliphatic carbocycles. The van der Waals surface area contributed by atoms with Crippen molar-refractivity contribution < 1.29 is 22.3 Å². The zero-order chi connectivity index (χ0) is 37.4. The maximum absolute atomic E-state index is 17.3. The summed E-state index contributed by atoms with van der Waals surface area (Å²) >= 11 is 0. The Morgan fingerprint density at radius 3 is 1.26 bits per heavy atom. The molecule has 0 spiro atoms. The summed E-state index contributed by atoms with van der Waals surface area (Å²) in [6.07, 6.45) is 37.5. The van der Waals surface area contributed by atoms with Crippen LogP contribution in [-0.2, 0) is 4.74 Å². The number of alkyl halides is 2. The molecule has 4 saturated carbocycles. The third kappa shape index (κ3) is 8.81. The van der Waals surface area contributed by atoms with E-state index in [1.165, 1.54) is 63.5 Å². The van der Waals surface area contributed by atoms with Crippen LogP contribution in [0.25, 0.3) is 0 Å². The van der Waals surface area contributed by atoms with E-state index in [0.717, 1.165) is 127 Å². The summed E-state index contributed by atoms with van der Waals surface area (Å²) in [5.41, 5.74) is -5.45. The minimum Gasteiger partial charge on any atom is -0.380 e. The third-order valence-corrected chi connectivity index (χ3v) is 15.8. The Balaban J connectivity index is 1.04. The van der Waals surface area contributed by atoms with E-state index >= 15 is 17.6 Å². The van der Waals surface area contributed by atoms with Crippen molar-refractivity contribution in [2.75, 3.05) is 13.2 Å². The molecule has 0 aromatic rings. The summed E-state index contributed by atoms with van der Waals surface area (Å²) in [5, 5.41) is 0. The molecule has 6 rings (SSSR count). The van der Waals surface area contributed by atoms with Gasteiger partial charge in [-0.15, -0.1) is 0 Å². The summed E-state index contributed by atoms with van der Waals surface area (Å²) in [6, 6.07) is 0. The first-order chi connectivity index (χ1) is 25.7. The molecule has 0 N–H and O–H groups in total. The second-order valence-corrected chi connectivity index (χ2v) is 18.9. The van der Waals surface area contributed by atoms with Crippen LogP contribution in [0.4, 0.5) is 17.6 Å². The van der Waals surface area contributed by atoms with Gasteiger partial charge in [0, 0.05) is 22.7 Å². The quantitative estimate of drug-likeness (QED) is 0.0869. The molecule has 0 heterocycles. The average Bonchev–Trinajstić information content (AvgIpc) is 3.19. The van der Waals surface area contributed by atoms with E-state index in [4.69, 9.17) is 4.74 Å². The van der Waals surface area contributed by atoms with Crippen molar-refractivity contribution in [1.29, 1.82) is 0 Å². The zero-order valence-electron chi connectivity index (χ0n) is 33.6. The van der Waals surface area contributed by atoms with Crippen LogP contribution in [0.3, 0.4) is 0 Å². The highest BCUT2D eigenvalue weighted by Crippen LogP contribution is 2.62. The predicted molar refractivity (Wildman–Crippen MR) is 212 cm³/mol. The van der Waals surface area contributed by atoms with Gasteiger partial charge < -0.3 is 4.74 Å². The second-order valence-electron chi connectivity index (χ2n) is 18.9. The van der Waals surface area contributed by atoms with Gasteiger partial charge in [0.25, 0.3) is 0 Å². The zero-order valence-corrected chi connectivity index (χ0v) is 33.6. The second kappa shape index (κ2) is 18.7. The van der Waals surface area contributed by atoms with E-state index in [1.54, 1.807) is 12.2 Å². The molecule has 0 bridgehead atoms. The van der Waals surface area contributed by atoms with Gasteiger partial charge in [-0.1, -0.05) is 142 Å². The lowest BCUT2D eigenvalue weighted by Gasteiger charge is -2.53. The van der Waals surface area contributed by atoms with Crippen molar-refractivity contribution in [3.8, 4) is 0 Å². The average molecular weight is 743 g/mol. The van der Waals surface area contributed by atoms with Crippen LogP contribution in [0.1, 0.15) is 181 Å². The van der Waals surface area contributed by atoms with E-state index in [1.807, 2.05) is 12.2 Å². The first kappa shape index (κ1) is 41.3. The molecular formula is C48H74F4O.